The first kappa shape index (κ1) is 12.2. The van der Waals surface area contributed by atoms with Crippen LogP contribution >= 0.6 is 0 Å². The van der Waals surface area contributed by atoms with Gasteiger partial charge in [-0.2, -0.15) is 0 Å². The Balaban J connectivity index is 2.00. The molecule has 0 saturated carbocycles. The van der Waals surface area contributed by atoms with Gasteiger partial charge in [-0.15, -0.1) is 0 Å². The highest BCUT2D eigenvalue weighted by Crippen LogP contribution is 2.11. The number of carbonyl (C=O) groups is 1. The van der Waals surface area contributed by atoms with Gasteiger partial charge in [0.15, 0.2) is 0 Å². The molecule has 0 aliphatic carbocycles. The van der Waals surface area contributed by atoms with E-state index in [0.29, 0.717) is 12.1 Å². The molecule has 0 unspecified atom stereocenters. The van der Waals surface area contributed by atoms with Crippen LogP contribution in [0.4, 0.5) is 0 Å². The summed E-state index contributed by atoms with van der Waals surface area (Å²) in [6.45, 7) is 2.35. The maximum absolute atomic E-state index is 11.9. The smallest absolute Gasteiger partial charge is 0.251 e. The molecule has 2 rings (SSSR count). The van der Waals surface area contributed by atoms with Crippen LogP contribution in [0.3, 0.4) is 0 Å². The second-order valence-electron chi connectivity index (χ2n) is 4.22. The van der Waals surface area contributed by atoms with E-state index in [-0.39, 0.29) is 11.7 Å². The molecule has 0 aliphatic heterocycles. The fraction of sp³-hybridized carbons (Fsp3) is 0.133. The summed E-state index contributed by atoms with van der Waals surface area (Å²) in [7, 11) is 0. The van der Waals surface area contributed by atoms with E-state index in [1.165, 1.54) is 0 Å². The second kappa shape index (κ2) is 5.36. The molecule has 3 nitrogen and oxygen atoms in total. The topological polar surface area (TPSA) is 49.3 Å². The van der Waals surface area contributed by atoms with Crippen LogP contribution in [0.5, 0.6) is 5.75 Å². The number of carbonyl (C=O) groups excluding carboxylic acids is 1. The Hall–Kier alpha value is -2.29. The van der Waals surface area contributed by atoms with Crippen molar-refractivity contribution in [3.05, 3.63) is 65.2 Å². The van der Waals surface area contributed by atoms with Crippen LogP contribution < -0.4 is 5.32 Å². The maximum atomic E-state index is 11.9. The molecular weight excluding hydrogens is 226 g/mol. The molecular formula is C15H15NO2. The lowest BCUT2D eigenvalue weighted by Crippen LogP contribution is -2.22. The number of phenolic OH excluding ortho intramolecular Hbond substituents is 1. The number of phenols is 1. The summed E-state index contributed by atoms with van der Waals surface area (Å²) in [5.74, 6) is 0.0966. The molecule has 0 bridgehead atoms. The highest BCUT2D eigenvalue weighted by molar-refractivity contribution is 5.94. The molecule has 0 radical (unpaired) electrons. The molecule has 3 heteroatoms. The van der Waals surface area contributed by atoms with Crippen molar-refractivity contribution in [1.29, 1.82) is 0 Å². The lowest BCUT2D eigenvalue weighted by molar-refractivity contribution is 0.0950. The fourth-order valence-corrected chi connectivity index (χ4v) is 1.74. The van der Waals surface area contributed by atoms with Crippen LogP contribution in [-0.2, 0) is 6.54 Å². The first-order chi connectivity index (χ1) is 8.65. The zero-order valence-corrected chi connectivity index (χ0v) is 10.2. The van der Waals surface area contributed by atoms with Gasteiger partial charge in [0.1, 0.15) is 5.75 Å². The Labute approximate surface area is 106 Å². The largest absolute Gasteiger partial charge is 0.508 e. The van der Waals surface area contributed by atoms with Crippen LogP contribution in [-0.4, -0.2) is 11.0 Å². The van der Waals surface area contributed by atoms with Crippen molar-refractivity contribution >= 4 is 5.91 Å². The first-order valence-electron chi connectivity index (χ1n) is 5.78. The van der Waals surface area contributed by atoms with E-state index < -0.39 is 0 Å². The van der Waals surface area contributed by atoms with Gasteiger partial charge < -0.3 is 10.4 Å². The third-order valence-corrected chi connectivity index (χ3v) is 2.64. The predicted octanol–water partition coefficient (Wildman–Crippen LogP) is 2.63. The number of amides is 1. The van der Waals surface area contributed by atoms with Gasteiger partial charge in [0.05, 0.1) is 0 Å². The van der Waals surface area contributed by atoms with Crippen LogP contribution in [0.25, 0.3) is 0 Å². The number of aromatic hydroxyl groups is 1. The minimum atomic E-state index is -0.109. The summed E-state index contributed by atoms with van der Waals surface area (Å²) < 4.78 is 0. The van der Waals surface area contributed by atoms with E-state index in [2.05, 4.69) is 5.32 Å². The normalized spacial score (nSPS) is 10.1. The number of benzene rings is 2. The van der Waals surface area contributed by atoms with Gasteiger partial charge in [-0.05, 0) is 36.8 Å². The van der Waals surface area contributed by atoms with E-state index in [4.69, 9.17) is 0 Å². The average Bonchev–Trinajstić information content (AvgIpc) is 2.36. The van der Waals surface area contributed by atoms with Gasteiger partial charge in [-0.1, -0.05) is 29.8 Å². The number of nitrogens with one attached hydrogen (secondary N) is 1. The van der Waals surface area contributed by atoms with Crippen molar-refractivity contribution in [3.63, 3.8) is 0 Å². The van der Waals surface area contributed by atoms with Gasteiger partial charge in [-0.25, -0.2) is 0 Å². The number of hydrogen-bond acceptors (Lipinski definition) is 2. The Bertz CT molecular complexity index is 564. The van der Waals surface area contributed by atoms with Gasteiger partial charge >= 0.3 is 0 Å². The fourth-order valence-electron chi connectivity index (χ4n) is 1.74. The summed E-state index contributed by atoms with van der Waals surface area (Å²) in [5.41, 5.74) is 2.58. The molecule has 92 valence electrons. The van der Waals surface area contributed by atoms with E-state index in [9.17, 15) is 9.90 Å². The second-order valence-corrected chi connectivity index (χ2v) is 4.22. The first-order valence-corrected chi connectivity index (χ1v) is 5.78. The van der Waals surface area contributed by atoms with E-state index in [1.54, 1.807) is 24.3 Å². The average molecular weight is 241 g/mol. The van der Waals surface area contributed by atoms with Crippen LogP contribution in [0.15, 0.2) is 48.5 Å². The SMILES string of the molecule is Cc1cccc(C(=O)NCc2cccc(O)c2)c1. The van der Waals surface area contributed by atoms with E-state index >= 15 is 0 Å². The van der Waals surface area contributed by atoms with Gasteiger partial charge in [0, 0.05) is 12.1 Å². The standard InChI is InChI=1S/C15H15NO2/c1-11-4-2-6-13(8-11)15(18)16-10-12-5-3-7-14(17)9-12/h2-9,17H,10H2,1H3,(H,16,18). The predicted molar refractivity (Wildman–Crippen MR) is 70.5 cm³/mol. The maximum Gasteiger partial charge on any atom is 0.251 e. The van der Waals surface area contributed by atoms with Crippen molar-refractivity contribution in [1.82, 2.24) is 5.32 Å². The summed E-state index contributed by atoms with van der Waals surface area (Å²) in [6, 6.07) is 14.3. The molecule has 1 amide bonds. The molecule has 0 aromatic heterocycles. The quantitative estimate of drug-likeness (QED) is 0.867. The molecule has 0 fully saturated rings. The zero-order chi connectivity index (χ0) is 13.0. The van der Waals surface area contributed by atoms with Gasteiger partial charge in [-0.3, -0.25) is 4.79 Å². The van der Waals surface area contributed by atoms with Crippen LogP contribution in [0.1, 0.15) is 21.5 Å². The lowest BCUT2D eigenvalue weighted by atomic mass is 10.1. The molecule has 18 heavy (non-hydrogen) atoms. The molecule has 2 aromatic carbocycles. The van der Waals surface area contributed by atoms with Crippen LogP contribution in [0, 0.1) is 6.92 Å². The van der Waals surface area contributed by atoms with E-state index in [0.717, 1.165) is 11.1 Å². The summed E-state index contributed by atoms with van der Waals surface area (Å²) in [5, 5.41) is 12.1. The number of aryl methyl sites for hydroxylation is 1. The van der Waals surface area contributed by atoms with Crippen molar-refractivity contribution in [3.8, 4) is 5.75 Å². The van der Waals surface area contributed by atoms with Crippen LogP contribution in [0.2, 0.25) is 0 Å². The van der Waals surface area contributed by atoms with Gasteiger partial charge in [0.25, 0.3) is 5.91 Å². The third-order valence-electron chi connectivity index (χ3n) is 2.64. The summed E-state index contributed by atoms with van der Waals surface area (Å²) in [4.78, 5) is 11.9. The summed E-state index contributed by atoms with van der Waals surface area (Å²) in [6.07, 6.45) is 0. The number of rotatable bonds is 3. The van der Waals surface area contributed by atoms with Gasteiger partial charge in [0.2, 0.25) is 0 Å². The molecule has 0 heterocycles. The molecule has 0 aliphatic rings. The molecule has 0 atom stereocenters. The molecule has 0 saturated heterocycles. The Kier molecular flexibility index (Phi) is 3.63. The third kappa shape index (κ3) is 3.10. The Morgan fingerprint density at radius 2 is 1.94 bits per heavy atom. The summed E-state index contributed by atoms with van der Waals surface area (Å²) >= 11 is 0. The minimum absolute atomic E-state index is 0.109. The highest BCUT2D eigenvalue weighted by Gasteiger charge is 2.05. The van der Waals surface area contributed by atoms with Crippen molar-refractivity contribution in [2.45, 2.75) is 13.5 Å². The van der Waals surface area contributed by atoms with Crippen molar-refractivity contribution in [2.75, 3.05) is 0 Å². The molecule has 2 N–H and O–H groups in total. The molecule has 0 spiro atoms. The van der Waals surface area contributed by atoms with Crippen molar-refractivity contribution in [2.24, 2.45) is 0 Å². The Morgan fingerprint density at radius 1 is 1.17 bits per heavy atom. The van der Waals surface area contributed by atoms with E-state index in [1.807, 2.05) is 31.2 Å². The molecule has 2 aromatic rings. The minimum Gasteiger partial charge on any atom is -0.508 e. The monoisotopic (exact) mass is 241 g/mol. The number of hydrogen-bond donors (Lipinski definition) is 2. The Morgan fingerprint density at radius 3 is 2.67 bits per heavy atom. The highest BCUT2D eigenvalue weighted by atomic mass is 16.3. The van der Waals surface area contributed by atoms with Crippen molar-refractivity contribution < 1.29 is 9.90 Å². The lowest BCUT2D eigenvalue weighted by Gasteiger charge is -2.06. The zero-order valence-electron chi connectivity index (χ0n) is 10.2.